The molecule has 0 saturated carbocycles. The van der Waals surface area contributed by atoms with Gasteiger partial charge in [0.15, 0.2) is 0 Å². The van der Waals surface area contributed by atoms with Gasteiger partial charge in [-0.3, -0.25) is 4.79 Å². The first-order valence-electron chi connectivity index (χ1n) is 8.52. The fourth-order valence-corrected chi connectivity index (χ4v) is 2.71. The van der Waals surface area contributed by atoms with E-state index < -0.39 is 10.0 Å². The molecule has 136 valence electrons. The van der Waals surface area contributed by atoms with E-state index in [1.54, 1.807) is 6.92 Å². The Kier molecular flexibility index (Phi) is 12.9. The molecule has 0 rings (SSSR count). The number of ketones is 1. The zero-order valence-electron chi connectivity index (χ0n) is 14.5. The number of carbonyl (C=O) groups is 2. The van der Waals surface area contributed by atoms with E-state index in [4.69, 9.17) is 0 Å². The Hall–Kier alpha value is -0.950. The molecule has 0 unspecified atom stereocenters. The van der Waals surface area contributed by atoms with E-state index in [0.29, 0.717) is 25.9 Å². The number of nitrogens with one attached hydrogen (secondary N) is 2. The molecule has 0 aromatic rings. The van der Waals surface area contributed by atoms with Crippen molar-refractivity contribution < 1.29 is 18.0 Å². The highest BCUT2D eigenvalue weighted by molar-refractivity contribution is 7.88. The van der Waals surface area contributed by atoms with E-state index in [2.05, 4.69) is 10.0 Å². The van der Waals surface area contributed by atoms with Crippen molar-refractivity contribution in [2.45, 2.75) is 71.1 Å². The molecule has 0 radical (unpaired) electrons. The van der Waals surface area contributed by atoms with E-state index in [0.717, 1.165) is 57.6 Å². The molecule has 0 saturated heterocycles. The Labute approximate surface area is 140 Å². The second-order valence-corrected chi connectivity index (χ2v) is 7.88. The second-order valence-electron chi connectivity index (χ2n) is 6.05. The molecular weight excluding hydrogens is 316 g/mol. The van der Waals surface area contributed by atoms with Crippen LogP contribution in [0, 0.1) is 0 Å². The molecule has 0 heterocycles. The van der Waals surface area contributed by atoms with Crippen molar-refractivity contribution in [3.8, 4) is 0 Å². The van der Waals surface area contributed by atoms with Crippen LogP contribution in [0.1, 0.15) is 71.1 Å². The first kappa shape index (κ1) is 22.1. The summed E-state index contributed by atoms with van der Waals surface area (Å²) in [4.78, 5) is 22.3. The minimum absolute atomic E-state index is 0.0929. The molecular formula is C16H32N2O4S. The van der Waals surface area contributed by atoms with Crippen molar-refractivity contribution in [2.75, 3.05) is 19.3 Å². The highest BCUT2D eigenvalue weighted by Crippen LogP contribution is 2.05. The monoisotopic (exact) mass is 348 g/mol. The molecule has 6 nitrogen and oxygen atoms in total. The van der Waals surface area contributed by atoms with Crippen LogP contribution < -0.4 is 10.0 Å². The molecule has 1 amide bonds. The summed E-state index contributed by atoms with van der Waals surface area (Å²) in [5.41, 5.74) is 0. The summed E-state index contributed by atoms with van der Waals surface area (Å²) < 4.78 is 24.2. The van der Waals surface area contributed by atoms with E-state index in [9.17, 15) is 18.0 Å². The predicted molar refractivity (Wildman–Crippen MR) is 92.7 cm³/mol. The fraction of sp³-hybridized carbons (Fsp3) is 0.875. The summed E-state index contributed by atoms with van der Waals surface area (Å²) in [6, 6.07) is 0. The van der Waals surface area contributed by atoms with Crippen LogP contribution in [0.25, 0.3) is 0 Å². The molecule has 0 aliphatic rings. The van der Waals surface area contributed by atoms with Gasteiger partial charge in [0.1, 0.15) is 5.78 Å². The van der Waals surface area contributed by atoms with Crippen LogP contribution in [0.15, 0.2) is 0 Å². The normalized spacial score (nSPS) is 11.4. The van der Waals surface area contributed by atoms with Gasteiger partial charge in [-0.05, 0) is 32.6 Å². The van der Waals surface area contributed by atoms with Gasteiger partial charge in [0, 0.05) is 25.9 Å². The molecule has 0 bridgehead atoms. The number of sulfonamides is 1. The van der Waals surface area contributed by atoms with Crippen molar-refractivity contribution >= 4 is 21.7 Å². The largest absolute Gasteiger partial charge is 0.356 e. The topological polar surface area (TPSA) is 92.3 Å². The lowest BCUT2D eigenvalue weighted by molar-refractivity contribution is -0.121. The zero-order valence-corrected chi connectivity index (χ0v) is 15.3. The molecule has 0 atom stereocenters. The van der Waals surface area contributed by atoms with Gasteiger partial charge in [-0.1, -0.05) is 25.7 Å². The third-order valence-electron chi connectivity index (χ3n) is 3.47. The lowest BCUT2D eigenvalue weighted by atomic mass is 10.1. The lowest BCUT2D eigenvalue weighted by Crippen LogP contribution is -2.24. The Morgan fingerprint density at radius 3 is 1.96 bits per heavy atom. The van der Waals surface area contributed by atoms with Crippen LogP contribution in [-0.2, 0) is 19.6 Å². The maximum absolute atomic E-state index is 11.6. The number of hydrogen-bond acceptors (Lipinski definition) is 4. The summed E-state index contributed by atoms with van der Waals surface area (Å²) in [6.07, 6.45) is 9.83. The van der Waals surface area contributed by atoms with Crippen LogP contribution >= 0.6 is 0 Å². The molecule has 2 N–H and O–H groups in total. The summed E-state index contributed by atoms with van der Waals surface area (Å²) in [5.74, 6) is 0.316. The van der Waals surface area contributed by atoms with Gasteiger partial charge >= 0.3 is 0 Å². The number of carbonyl (C=O) groups excluding carboxylic acids is 2. The van der Waals surface area contributed by atoms with Gasteiger partial charge in [0.2, 0.25) is 15.9 Å². The highest BCUT2D eigenvalue weighted by Gasteiger charge is 2.02. The Balaban J connectivity index is 3.29. The van der Waals surface area contributed by atoms with Crippen molar-refractivity contribution in [1.29, 1.82) is 0 Å². The molecule has 0 spiro atoms. The smallest absolute Gasteiger partial charge is 0.219 e. The number of Topliss-reactive ketones (excluding diaryl/α,β-unsaturated/α-hetero) is 1. The van der Waals surface area contributed by atoms with Gasteiger partial charge in [0.25, 0.3) is 0 Å². The van der Waals surface area contributed by atoms with Crippen LogP contribution in [0.2, 0.25) is 0 Å². The van der Waals surface area contributed by atoms with Gasteiger partial charge in [0.05, 0.1) is 6.26 Å². The summed E-state index contributed by atoms with van der Waals surface area (Å²) in [6.45, 7) is 2.78. The minimum Gasteiger partial charge on any atom is -0.356 e. The van der Waals surface area contributed by atoms with Crippen molar-refractivity contribution in [3.05, 3.63) is 0 Å². The third-order valence-corrected chi connectivity index (χ3v) is 4.20. The average molecular weight is 349 g/mol. The number of hydrogen-bond donors (Lipinski definition) is 2. The standard InChI is InChI=1S/C16H32N2O4S/c1-15(19)11-7-6-9-13-17-16(20)12-8-4-3-5-10-14-18-23(2,21)22/h18H,3-14H2,1-2H3,(H,17,20). The summed E-state index contributed by atoms with van der Waals surface area (Å²) in [5, 5.41) is 2.90. The van der Waals surface area contributed by atoms with E-state index in [1.807, 2.05) is 0 Å². The van der Waals surface area contributed by atoms with Crippen LogP contribution in [0.4, 0.5) is 0 Å². The number of amides is 1. The molecule has 0 aromatic heterocycles. The first-order valence-corrected chi connectivity index (χ1v) is 10.4. The van der Waals surface area contributed by atoms with Crippen molar-refractivity contribution in [2.24, 2.45) is 0 Å². The van der Waals surface area contributed by atoms with Gasteiger partial charge in [-0.15, -0.1) is 0 Å². The minimum atomic E-state index is -3.07. The predicted octanol–water partition coefficient (Wildman–Crippen LogP) is 2.14. The Morgan fingerprint density at radius 1 is 0.783 bits per heavy atom. The summed E-state index contributed by atoms with van der Waals surface area (Å²) >= 11 is 0. The average Bonchev–Trinajstić information content (AvgIpc) is 2.44. The second kappa shape index (κ2) is 13.5. The third kappa shape index (κ3) is 19.0. The maximum Gasteiger partial charge on any atom is 0.219 e. The van der Waals surface area contributed by atoms with E-state index >= 15 is 0 Å². The van der Waals surface area contributed by atoms with Gasteiger partial charge in [-0.25, -0.2) is 13.1 Å². The quantitative estimate of drug-likeness (QED) is 0.444. The van der Waals surface area contributed by atoms with Crippen LogP contribution in [-0.4, -0.2) is 39.5 Å². The molecule has 0 aromatic carbocycles. The summed E-state index contributed by atoms with van der Waals surface area (Å²) in [7, 11) is -3.07. The van der Waals surface area contributed by atoms with Gasteiger partial charge < -0.3 is 10.1 Å². The lowest BCUT2D eigenvalue weighted by Gasteiger charge is -2.05. The van der Waals surface area contributed by atoms with Crippen LogP contribution in [0.3, 0.4) is 0 Å². The Bertz CT molecular complexity index is 435. The SMILES string of the molecule is CC(=O)CCCCCNC(=O)CCCCCCCNS(C)(=O)=O. The molecule has 0 aliphatic carbocycles. The molecule has 0 fully saturated rings. The maximum atomic E-state index is 11.6. The molecule has 0 aliphatic heterocycles. The first-order chi connectivity index (χ1) is 10.8. The molecule has 7 heteroatoms. The van der Waals surface area contributed by atoms with Gasteiger partial charge in [-0.2, -0.15) is 0 Å². The van der Waals surface area contributed by atoms with E-state index in [-0.39, 0.29) is 11.7 Å². The Morgan fingerprint density at radius 2 is 1.30 bits per heavy atom. The van der Waals surface area contributed by atoms with E-state index in [1.165, 1.54) is 0 Å². The van der Waals surface area contributed by atoms with Crippen molar-refractivity contribution in [1.82, 2.24) is 10.0 Å². The zero-order chi connectivity index (χ0) is 17.6. The van der Waals surface area contributed by atoms with Crippen molar-refractivity contribution in [3.63, 3.8) is 0 Å². The number of rotatable bonds is 15. The molecule has 23 heavy (non-hydrogen) atoms. The van der Waals surface area contributed by atoms with Crippen LogP contribution in [0.5, 0.6) is 0 Å². The fourth-order valence-electron chi connectivity index (χ4n) is 2.19. The number of unbranched alkanes of at least 4 members (excludes halogenated alkanes) is 6. The highest BCUT2D eigenvalue weighted by atomic mass is 32.2.